The molecule has 0 atom stereocenters. The predicted octanol–water partition coefficient (Wildman–Crippen LogP) is 3.75. The summed E-state index contributed by atoms with van der Waals surface area (Å²) in [6, 6.07) is 5.62. The van der Waals surface area contributed by atoms with Crippen LogP contribution in [0.4, 0.5) is 0 Å². The molecule has 7 heteroatoms. The molecule has 126 valence electrons. The second kappa shape index (κ2) is 13.2. The summed E-state index contributed by atoms with van der Waals surface area (Å²) in [6.45, 7) is 2.43. The van der Waals surface area contributed by atoms with Crippen LogP contribution in [0.5, 0.6) is 0 Å². The Morgan fingerprint density at radius 2 is 1.86 bits per heavy atom. The number of rotatable bonds is 8. The zero-order chi connectivity index (χ0) is 15.5. The lowest BCUT2D eigenvalue weighted by Gasteiger charge is -2.12. The highest BCUT2D eigenvalue weighted by atomic mass is 127. The normalized spacial score (nSPS) is 11.0. The summed E-state index contributed by atoms with van der Waals surface area (Å²) in [6.07, 6.45) is 2.83. The maximum absolute atomic E-state index is 6.14. The molecule has 0 saturated heterocycles. The smallest absolute Gasteiger partial charge is 0.190 e. The Labute approximate surface area is 160 Å². The quantitative estimate of drug-likeness (QED) is 0.269. The van der Waals surface area contributed by atoms with Crippen molar-refractivity contribution in [2.75, 3.05) is 33.9 Å². The molecule has 0 aliphatic heterocycles. The fourth-order valence-corrected chi connectivity index (χ4v) is 2.36. The lowest BCUT2D eigenvalue weighted by molar-refractivity contribution is 0.195. The van der Waals surface area contributed by atoms with Crippen LogP contribution in [0.2, 0.25) is 10.0 Å². The number of halogens is 3. The van der Waals surface area contributed by atoms with Crippen molar-refractivity contribution in [2.24, 2.45) is 4.99 Å². The van der Waals surface area contributed by atoms with Crippen LogP contribution in [0, 0.1) is 0 Å². The predicted molar refractivity (Wildman–Crippen MR) is 106 cm³/mol. The first-order valence-electron chi connectivity index (χ1n) is 7.04. The molecule has 22 heavy (non-hydrogen) atoms. The highest BCUT2D eigenvalue weighted by Gasteiger charge is 2.02. The van der Waals surface area contributed by atoms with E-state index >= 15 is 0 Å². The van der Waals surface area contributed by atoms with E-state index in [2.05, 4.69) is 15.6 Å². The largest absolute Gasteiger partial charge is 0.385 e. The van der Waals surface area contributed by atoms with E-state index in [0.717, 1.165) is 55.5 Å². The van der Waals surface area contributed by atoms with Crippen molar-refractivity contribution < 1.29 is 4.74 Å². The molecule has 0 aliphatic rings. The van der Waals surface area contributed by atoms with Gasteiger partial charge in [-0.25, -0.2) is 0 Å². The molecule has 0 bridgehead atoms. The minimum atomic E-state index is 0. The van der Waals surface area contributed by atoms with Gasteiger partial charge in [0.05, 0.1) is 0 Å². The molecule has 1 rings (SSSR count). The van der Waals surface area contributed by atoms with Gasteiger partial charge in [-0.1, -0.05) is 29.3 Å². The number of hydrogen-bond donors (Lipinski definition) is 2. The highest BCUT2D eigenvalue weighted by Crippen LogP contribution is 2.21. The Kier molecular flexibility index (Phi) is 13.1. The second-order valence-corrected chi connectivity index (χ2v) is 5.46. The van der Waals surface area contributed by atoms with Gasteiger partial charge in [0, 0.05) is 43.9 Å². The molecule has 1 aromatic carbocycles. The van der Waals surface area contributed by atoms with Crippen LogP contribution in [0.15, 0.2) is 23.2 Å². The standard InChI is InChI=1S/C15H23Cl2N3O.HI/c1-18-15(20-9-4-10-21-2)19-8-3-5-12-6-7-13(16)11-14(12)17;/h6-7,11H,3-5,8-10H2,1-2H3,(H2,18,19,20);1H. The van der Waals surface area contributed by atoms with Gasteiger partial charge in [0.1, 0.15) is 0 Å². The number of methoxy groups -OCH3 is 1. The van der Waals surface area contributed by atoms with Gasteiger partial charge in [-0.2, -0.15) is 0 Å². The Morgan fingerprint density at radius 1 is 1.18 bits per heavy atom. The van der Waals surface area contributed by atoms with Crippen LogP contribution in [0.25, 0.3) is 0 Å². The molecule has 0 fully saturated rings. The SMILES string of the molecule is CN=C(NCCCOC)NCCCc1ccc(Cl)cc1Cl.I. The van der Waals surface area contributed by atoms with E-state index in [9.17, 15) is 0 Å². The van der Waals surface area contributed by atoms with Crippen LogP contribution < -0.4 is 10.6 Å². The van der Waals surface area contributed by atoms with Crippen LogP contribution >= 0.6 is 47.2 Å². The van der Waals surface area contributed by atoms with Crippen molar-refractivity contribution in [3.63, 3.8) is 0 Å². The first-order valence-corrected chi connectivity index (χ1v) is 7.80. The molecule has 0 saturated carbocycles. The van der Waals surface area contributed by atoms with E-state index in [1.807, 2.05) is 12.1 Å². The third-order valence-corrected chi connectivity index (χ3v) is 3.56. The van der Waals surface area contributed by atoms with Crippen molar-refractivity contribution in [2.45, 2.75) is 19.3 Å². The summed E-state index contributed by atoms with van der Waals surface area (Å²) in [4.78, 5) is 4.17. The minimum Gasteiger partial charge on any atom is -0.385 e. The fourth-order valence-electron chi connectivity index (χ4n) is 1.85. The van der Waals surface area contributed by atoms with E-state index < -0.39 is 0 Å². The maximum Gasteiger partial charge on any atom is 0.190 e. The Morgan fingerprint density at radius 3 is 2.45 bits per heavy atom. The van der Waals surface area contributed by atoms with Gasteiger partial charge < -0.3 is 15.4 Å². The minimum absolute atomic E-state index is 0. The van der Waals surface area contributed by atoms with E-state index in [4.69, 9.17) is 27.9 Å². The Bertz CT molecular complexity index is 458. The van der Waals surface area contributed by atoms with Gasteiger partial charge in [-0.3, -0.25) is 4.99 Å². The molecule has 4 nitrogen and oxygen atoms in total. The van der Waals surface area contributed by atoms with Gasteiger partial charge in [0.15, 0.2) is 5.96 Å². The van der Waals surface area contributed by atoms with Gasteiger partial charge in [-0.15, -0.1) is 24.0 Å². The average Bonchev–Trinajstić information content (AvgIpc) is 2.47. The zero-order valence-electron chi connectivity index (χ0n) is 13.0. The topological polar surface area (TPSA) is 45.7 Å². The van der Waals surface area contributed by atoms with Gasteiger partial charge in [0.2, 0.25) is 0 Å². The molecule has 1 aromatic rings. The average molecular weight is 460 g/mol. The number of nitrogens with one attached hydrogen (secondary N) is 2. The lowest BCUT2D eigenvalue weighted by atomic mass is 10.1. The molecular formula is C15H24Cl2IN3O. The summed E-state index contributed by atoms with van der Waals surface area (Å²) in [5, 5.41) is 7.91. The van der Waals surface area contributed by atoms with Crippen LogP contribution in [0.3, 0.4) is 0 Å². The molecule has 0 spiro atoms. The monoisotopic (exact) mass is 459 g/mol. The van der Waals surface area contributed by atoms with Gasteiger partial charge >= 0.3 is 0 Å². The van der Waals surface area contributed by atoms with Crippen molar-refractivity contribution in [1.29, 1.82) is 0 Å². The third kappa shape index (κ3) is 9.02. The van der Waals surface area contributed by atoms with E-state index in [1.165, 1.54) is 0 Å². The summed E-state index contributed by atoms with van der Waals surface area (Å²) in [5.74, 6) is 0.813. The summed E-state index contributed by atoms with van der Waals surface area (Å²) in [7, 11) is 3.47. The van der Waals surface area contributed by atoms with Crippen molar-refractivity contribution in [3.8, 4) is 0 Å². The van der Waals surface area contributed by atoms with Gasteiger partial charge in [-0.05, 0) is 37.0 Å². The van der Waals surface area contributed by atoms with Crippen molar-refractivity contribution in [1.82, 2.24) is 10.6 Å². The number of aryl methyl sites for hydroxylation is 1. The van der Waals surface area contributed by atoms with Crippen molar-refractivity contribution >= 4 is 53.1 Å². The van der Waals surface area contributed by atoms with Crippen LogP contribution in [0.1, 0.15) is 18.4 Å². The highest BCUT2D eigenvalue weighted by molar-refractivity contribution is 14.0. The number of nitrogens with zero attached hydrogens (tertiary/aromatic N) is 1. The molecule has 0 amide bonds. The number of benzene rings is 1. The lowest BCUT2D eigenvalue weighted by Crippen LogP contribution is -2.38. The molecule has 0 heterocycles. The number of aliphatic imine (C=N–C) groups is 1. The van der Waals surface area contributed by atoms with Gasteiger partial charge in [0.25, 0.3) is 0 Å². The third-order valence-electron chi connectivity index (χ3n) is 2.97. The van der Waals surface area contributed by atoms with Crippen LogP contribution in [-0.2, 0) is 11.2 Å². The molecule has 0 radical (unpaired) electrons. The number of hydrogen-bond acceptors (Lipinski definition) is 2. The van der Waals surface area contributed by atoms with Crippen molar-refractivity contribution in [3.05, 3.63) is 33.8 Å². The maximum atomic E-state index is 6.14. The second-order valence-electron chi connectivity index (χ2n) is 4.61. The molecule has 2 N–H and O–H groups in total. The van der Waals surface area contributed by atoms with E-state index in [1.54, 1.807) is 20.2 Å². The molecule has 0 aromatic heterocycles. The number of guanidine groups is 1. The summed E-state index contributed by atoms with van der Waals surface area (Å²) < 4.78 is 5.00. The Balaban J connectivity index is 0.00000441. The molecule has 0 unspecified atom stereocenters. The van der Waals surface area contributed by atoms with Crippen LogP contribution in [-0.4, -0.2) is 39.8 Å². The van der Waals surface area contributed by atoms with E-state index in [-0.39, 0.29) is 24.0 Å². The summed E-state index contributed by atoms with van der Waals surface area (Å²) in [5.41, 5.74) is 1.12. The number of ether oxygens (including phenoxy) is 1. The first-order chi connectivity index (χ1) is 10.2. The molecule has 0 aliphatic carbocycles. The zero-order valence-corrected chi connectivity index (χ0v) is 16.8. The Hall–Kier alpha value is -0.240. The first kappa shape index (κ1) is 21.8. The fraction of sp³-hybridized carbons (Fsp3) is 0.533. The summed E-state index contributed by atoms with van der Waals surface area (Å²) >= 11 is 12.0. The molecular weight excluding hydrogens is 436 g/mol. The van der Waals surface area contributed by atoms with E-state index in [0.29, 0.717) is 5.02 Å².